The number of ether oxygens (including phenoxy) is 3. The van der Waals surface area contributed by atoms with E-state index in [2.05, 4.69) is 4.98 Å². The van der Waals surface area contributed by atoms with E-state index in [1.807, 2.05) is 6.92 Å². The van der Waals surface area contributed by atoms with Crippen molar-refractivity contribution in [3.63, 3.8) is 0 Å². The molecule has 0 N–H and O–H groups in total. The first-order valence-electron chi connectivity index (χ1n) is 8.80. The number of methoxy groups -OCH3 is 1. The first kappa shape index (κ1) is 17.9. The van der Waals surface area contributed by atoms with Gasteiger partial charge in [0.15, 0.2) is 12.4 Å². The number of thiazole rings is 1. The van der Waals surface area contributed by atoms with Crippen LogP contribution < -0.4 is 9.64 Å². The number of carbonyl (C=O) groups excluding carboxylic acids is 2. The molecule has 0 aliphatic carbocycles. The van der Waals surface area contributed by atoms with Crippen molar-refractivity contribution < 1.29 is 23.8 Å². The number of fused-ring (bicyclic) bond motifs is 1. The van der Waals surface area contributed by atoms with E-state index in [1.54, 1.807) is 23.2 Å². The minimum absolute atomic E-state index is 0.00719. The van der Waals surface area contributed by atoms with Crippen molar-refractivity contribution in [3.8, 4) is 16.3 Å². The lowest BCUT2D eigenvalue weighted by Gasteiger charge is -2.32. The summed E-state index contributed by atoms with van der Waals surface area (Å²) in [6.07, 6.45) is 3.67. The van der Waals surface area contributed by atoms with Gasteiger partial charge < -0.3 is 19.1 Å². The SMILES string of the molecule is COC(=O)c1cc(-c2ncc(C)s2)c2c(c1)N(CC1CCCO1)C(=O)CO2. The van der Waals surface area contributed by atoms with E-state index in [-0.39, 0.29) is 18.6 Å². The zero-order valence-electron chi connectivity index (χ0n) is 15.2. The second-order valence-corrected chi connectivity index (χ2v) is 7.80. The number of hydrogen-bond donors (Lipinski definition) is 0. The van der Waals surface area contributed by atoms with Crippen LogP contribution in [0.25, 0.3) is 10.6 Å². The van der Waals surface area contributed by atoms with Gasteiger partial charge in [0.2, 0.25) is 0 Å². The fourth-order valence-electron chi connectivity index (χ4n) is 3.38. The molecule has 8 heteroatoms. The predicted molar refractivity (Wildman–Crippen MR) is 100 cm³/mol. The lowest BCUT2D eigenvalue weighted by molar-refractivity contribution is -0.121. The van der Waals surface area contributed by atoms with Gasteiger partial charge >= 0.3 is 5.97 Å². The van der Waals surface area contributed by atoms with Crippen LogP contribution in [0.3, 0.4) is 0 Å². The van der Waals surface area contributed by atoms with Crippen molar-refractivity contribution in [2.24, 2.45) is 0 Å². The normalized spacial score (nSPS) is 19.0. The first-order chi connectivity index (χ1) is 13.1. The van der Waals surface area contributed by atoms with Gasteiger partial charge in [0.25, 0.3) is 5.91 Å². The molecule has 2 aliphatic heterocycles. The molecule has 1 saturated heterocycles. The van der Waals surface area contributed by atoms with E-state index < -0.39 is 5.97 Å². The number of amides is 1. The van der Waals surface area contributed by atoms with Crippen molar-refractivity contribution in [1.82, 2.24) is 4.98 Å². The molecule has 1 unspecified atom stereocenters. The summed E-state index contributed by atoms with van der Waals surface area (Å²) in [5.74, 6) is -0.0571. The van der Waals surface area contributed by atoms with Gasteiger partial charge in [-0.25, -0.2) is 9.78 Å². The molecule has 7 nitrogen and oxygen atoms in total. The summed E-state index contributed by atoms with van der Waals surface area (Å²) in [5, 5.41) is 0.737. The number of esters is 1. The third kappa shape index (κ3) is 3.42. The molecule has 4 rings (SSSR count). The van der Waals surface area contributed by atoms with Crippen LogP contribution in [0.5, 0.6) is 5.75 Å². The molecule has 1 fully saturated rings. The average molecular weight is 388 g/mol. The Bertz CT molecular complexity index is 888. The molecule has 1 amide bonds. The fourth-order valence-corrected chi connectivity index (χ4v) is 4.16. The Morgan fingerprint density at radius 1 is 1.44 bits per heavy atom. The lowest BCUT2D eigenvalue weighted by atomic mass is 10.0. The molecule has 1 atom stereocenters. The summed E-state index contributed by atoms with van der Waals surface area (Å²) in [7, 11) is 1.33. The van der Waals surface area contributed by atoms with Crippen LogP contribution in [0.2, 0.25) is 0 Å². The number of aryl methyl sites for hydroxylation is 1. The summed E-state index contributed by atoms with van der Waals surface area (Å²) in [4.78, 5) is 31.9. The number of hydrogen-bond acceptors (Lipinski definition) is 7. The first-order valence-corrected chi connectivity index (χ1v) is 9.62. The maximum absolute atomic E-state index is 12.6. The molecular weight excluding hydrogens is 368 g/mol. The smallest absolute Gasteiger partial charge is 0.337 e. The van der Waals surface area contributed by atoms with Gasteiger partial charge in [0.05, 0.1) is 36.6 Å². The van der Waals surface area contributed by atoms with Gasteiger partial charge in [0, 0.05) is 17.7 Å². The monoisotopic (exact) mass is 388 g/mol. The Morgan fingerprint density at radius 2 is 2.30 bits per heavy atom. The zero-order valence-corrected chi connectivity index (χ0v) is 16.0. The Kier molecular flexibility index (Phi) is 4.84. The lowest BCUT2D eigenvalue weighted by Crippen LogP contribution is -2.43. The topological polar surface area (TPSA) is 78.0 Å². The Morgan fingerprint density at radius 3 is 2.96 bits per heavy atom. The number of benzene rings is 1. The molecule has 1 aromatic heterocycles. The highest BCUT2D eigenvalue weighted by molar-refractivity contribution is 7.15. The van der Waals surface area contributed by atoms with Crippen LogP contribution in [0.1, 0.15) is 28.1 Å². The molecule has 0 spiro atoms. The number of anilines is 1. The largest absolute Gasteiger partial charge is 0.481 e. The van der Waals surface area contributed by atoms with Crippen LogP contribution in [-0.4, -0.2) is 49.8 Å². The van der Waals surface area contributed by atoms with Crippen LogP contribution in [0.15, 0.2) is 18.3 Å². The van der Waals surface area contributed by atoms with Crippen LogP contribution >= 0.6 is 11.3 Å². The van der Waals surface area contributed by atoms with E-state index in [0.29, 0.717) is 35.7 Å². The highest BCUT2D eigenvalue weighted by atomic mass is 32.1. The summed E-state index contributed by atoms with van der Waals surface area (Å²) >= 11 is 1.51. The van der Waals surface area contributed by atoms with Gasteiger partial charge in [0.1, 0.15) is 5.01 Å². The molecule has 0 bridgehead atoms. The average Bonchev–Trinajstić information content (AvgIpc) is 3.34. The van der Waals surface area contributed by atoms with Crippen molar-refractivity contribution in [2.45, 2.75) is 25.9 Å². The fraction of sp³-hybridized carbons (Fsp3) is 0.421. The molecule has 1 aromatic carbocycles. The van der Waals surface area contributed by atoms with E-state index in [0.717, 1.165) is 22.7 Å². The highest BCUT2D eigenvalue weighted by Gasteiger charge is 2.33. The van der Waals surface area contributed by atoms with Crippen molar-refractivity contribution in [1.29, 1.82) is 0 Å². The van der Waals surface area contributed by atoms with Crippen LogP contribution in [0, 0.1) is 6.92 Å². The summed E-state index contributed by atoms with van der Waals surface area (Å²) < 4.78 is 16.4. The third-order valence-electron chi connectivity index (χ3n) is 4.68. The second kappa shape index (κ2) is 7.28. The number of nitrogens with zero attached hydrogens (tertiary/aromatic N) is 2. The van der Waals surface area contributed by atoms with Gasteiger partial charge in [-0.15, -0.1) is 11.3 Å². The Balaban J connectivity index is 1.83. The number of aromatic nitrogens is 1. The highest BCUT2D eigenvalue weighted by Crippen LogP contribution is 2.43. The van der Waals surface area contributed by atoms with E-state index in [9.17, 15) is 9.59 Å². The maximum Gasteiger partial charge on any atom is 0.337 e. The van der Waals surface area contributed by atoms with E-state index in [4.69, 9.17) is 14.2 Å². The van der Waals surface area contributed by atoms with Gasteiger partial charge in [-0.3, -0.25) is 4.79 Å². The molecule has 142 valence electrons. The van der Waals surface area contributed by atoms with Gasteiger partial charge in [-0.1, -0.05) is 0 Å². The molecule has 2 aromatic rings. The minimum atomic E-state index is -0.470. The predicted octanol–water partition coefficient (Wildman–Crippen LogP) is 2.81. The molecule has 2 aliphatic rings. The minimum Gasteiger partial charge on any atom is -0.481 e. The quantitative estimate of drug-likeness (QED) is 0.750. The number of rotatable bonds is 4. The molecule has 0 radical (unpaired) electrons. The summed E-state index contributed by atoms with van der Waals surface area (Å²) in [5.41, 5.74) is 1.61. The number of carbonyl (C=O) groups is 2. The van der Waals surface area contributed by atoms with Crippen molar-refractivity contribution in [3.05, 3.63) is 28.8 Å². The van der Waals surface area contributed by atoms with Crippen LogP contribution in [0.4, 0.5) is 5.69 Å². The molecular formula is C19H20N2O5S. The zero-order chi connectivity index (χ0) is 19.0. The molecule has 27 heavy (non-hydrogen) atoms. The van der Waals surface area contributed by atoms with Crippen molar-refractivity contribution in [2.75, 3.05) is 31.8 Å². The van der Waals surface area contributed by atoms with Gasteiger partial charge in [-0.2, -0.15) is 0 Å². The maximum atomic E-state index is 12.6. The molecule has 0 saturated carbocycles. The van der Waals surface area contributed by atoms with Crippen molar-refractivity contribution >= 4 is 28.9 Å². The van der Waals surface area contributed by atoms with E-state index >= 15 is 0 Å². The van der Waals surface area contributed by atoms with Gasteiger partial charge in [-0.05, 0) is 31.9 Å². The third-order valence-corrected chi connectivity index (χ3v) is 5.63. The second-order valence-electron chi connectivity index (χ2n) is 6.57. The Hall–Kier alpha value is -2.45. The Labute approximate surface area is 160 Å². The molecule has 3 heterocycles. The standard InChI is InChI=1S/C19H20N2O5S/c1-11-8-20-18(27-11)14-6-12(19(23)24-2)7-15-17(14)26-10-16(22)21(15)9-13-4-3-5-25-13/h6-8,13H,3-5,9-10H2,1-2H3. The summed E-state index contributed by atoms with van der Waals surface area (Å²) in [6.45, 7) is 3.07. The van der Waals surface area contributed by atoms with Crippen LogP contribution in [-0.2, 0) is 14.3 Å². The summed E-state index contributed by atoms with van der Waals surface area (Å²) in [6, 6.07) is 3.36. The van der Waals surface area contributed by atoms with E-state index in [1.165, 1.54) is 18.4 Å².